The number of rotatable bonds is 3. The van der Waals surface area contributed by atoms with E-state index < -0.39 is 0 Å². The summed E-state index contributed by atoms with van der Waals surface area (Å²) in [4.78, 5) is 20.9. The molecule has 0 aliphatic heterocycles. The molecule has 1 aromatic heterocycles. The molecule has 5 heteroatoms. The second-order valence-corrected chi connectivity index (χ2v) is 3.36. The number of aromatic nitrogens is 2. The van der Waals surface area contributed by atoms with Crippen LogP contribution >= 0.6 is 11.6 Å². The maximum absolute atomic E-state index is 11.7. The van der Waals surface area contributed by atoms with E-state index in [2.05, 4.69) is 9.97 Å². The van der Waals surface area contributed by atoms with Crippen molar-refractivity contribution in [3.8, 4) is 0 Å². The molecule has 0 N–H and O–H groups in total. The SMILES string of the molecule is CC(CCl)N(C)C(=O)c1cncnc1. The molecule has 1 amide bonds. The lowest BCUT2D eigenvalue weighted by Gasteiger charge is -2.22. The molecule has 0 radical (unpaired) electrons. The first-order valence-corrected chi connectivity index (χ1v) is 4.78. The fourth-order valence-electron chi connectivity index (χ4n) is 0.917. The quantitative estimate of drug-likeness (QED) is 0.709. The Labute approximate surface area is 87.9 Å². The zero-order valence-corrected chi connectivity index (χ0v) is 8.90. The van der Waals surface area contributed by atoms with Crippen molar-refractivity contribution in [1.82, 2.24) is 14.9 Å². The molecular weight excluding hydrogens is 202 g/mol. The molecule has 1 rings (SSSR count). The molecule has 0 aromatic carbocycles. The van der Waals surface area contributed by atoms with Gasteiger partial charge in [-0.1, -0.05) is 0 Å². The van der Waals surface area contributed by atoms with E-state index in [0.29, 0.717) is 11.4 Å². The Bertz CT molecular complexity index is 304. The molecule has 0 bridgehead atoms. The second-order valence-electron chi connectivity index (χ2n) is 3.05. The maximum Gasteiger partial charge on any atom is 0.257 e. The summed E-state index contributed by atoms with van der Waals surface area (Å²) in [6.45, 7) is 1.88. The first-order chi connectivity index (χ1) is 6.66. The van der Waals surface area contributed by atoms with Crippen molar-refractivity contribution in [1.29, 1.82) is 0 Å². The summed E-state index contributed by atoms with van der Waals surface area (Å²) >= 11 is 5.65. The van der Waals surface area contributed by atoms with Crippen LogP contribution < -0.4 is 0 Å². The van der Waals surface area contributed by atoms with Crippen LogP contribution in [-0.4, -0.2) is 39.7 Å². The van der Waals surface area contributed by atoms with Crippen LogP contribution in [0.3, 0.4) is 0 Å². The van der Waals surface area contributed by atoms with E-state index in [1.807, 2.05) is 6.92 Å². The van der Waals surface area contributed by atoms with Crippen molar-refractivity contribution < 1.29 is 4.79 Å². The predicted molar refractivity (Wildman–Crippen MR) is 54.3 cm³/mol. The van der Waals surface area contributed by atoms with Crippen LogP contribution in [0.1, 0.15) is 17.3 Å². The van der Waals surface area contributed by atoms with Crippen molar-refractivity contribution >= 4 is 17.5 Å². The Morgan fingerprint density at radius 3 is 2.64 bits per heavy atom. The largest absolute Gasteiger partial charge is 0.338 e. The van der Waals surface area contributed by atoms with Gasteiger partial charge in [0.25, 0.3) is 5.91 Å². The van der Waals surface area contributed by atoms with Crippen LogP contribution in [0.2, 0.25) is 0 Å². The summed E-state index contributed by atoms with van der Waals surface area (Å²) in [7, 11) is 1.71. The molecule has 0 fully saturated rings. The van der Waals surface area contributed by atoms with E-state index in [4.69, 9.17) is 11.6 Å². The Balaban J connectivity index is 2.76. The third-order valence-electron chi connectivity index (χ3n) is 2.01. The number of nitrogens with zero attached hydrogens (tertiary/aromatic N) is 3. The summed E-state index contributed by atoms with van der Waals surface area (Å²) < 4.78 is 0. The van der Waals surface area contributed by atoms with Gasteiger partial charge in [-0.25, -0.2) is 9.97 Å². The lowest BCUT2D eigenvalue weighted by atomic mass is 10.2. The molecule has 1 unspecified atom stereocenters. The van der Waals surface area contributed by atoms with Crippen LogP contribution in [0.5, 0.6) is 0 Å². The fraction of sp³-hybridized carbons (Fsp3) is 0.444. The minimum atomic E-state index is -0.112. The molecule has 0 aliphatic rings. The number of hydrogen-bond acceptors (Lipinski definition) is 3. The van der Waals surface area contributed by atoms with Gasteiger partial charge in [0, 0.05) is 31.4 Å². The Kier molecular flexibility index (Phi) is 3.83. The van der Waals surface area contributed by atoms with Crippen molar-refractivity contribution in [2.45, 2.75) is 13.0 Å². The molecule has 76 valence electrons. The van der Waals surface area contributed by atoms with Crippen molar-refractivity contribution in [2.75, 3.05) is 12.9 Å². The zero-order chi connectivity index (χ0) is 10.6. The lowest BCUT2D eigenvalue weighted by Crippen LogP contribution is -2.36. The first kappa shape index (κ1) is 10.9. The molecular formula is C9H12ClN3O. The van der Waals surface area contributed by atoms with Crippen LogP contribution in [0.15, 0.2) is 18.7 Å². The third kappa shape index (κ3) is 2.42. The van der Waals surface area contributed by atoms with Gasteiger partial charge in [-0.3, -0.25) is 4.79 Å². The molecule has 0 saturated carbocycles. The molecule has 0 saturated heterocycles. The number of carbonyl (C=O) groups is 1. The van der Waals surface area contributed by atoms with E-state index in [9.17, 15) is 4.79 Å². The highest BCUT2D eigenvalue weighted by atomic mass is 35.5. The predicted octanol–water partition coefficient (Wildman–Crippen LogP) is 1.18. The van der Waals surface area contributed by atoms with E-state index >= 15 is 0 Å². The standard InChI is InChI=1S/C9H12ClN3O/c1-7(3-10)13(2)9(14)8-4-11-6-12-5-8/h4-7H,3H2,1-2H3. The number of carbonyl (C=O) groups excluding carboxylic acids is 1. The van der Waals surface area contributed by atoms with Gasteiger partial charge < -0.3 is 4.90 Å². The summed E-state index contributed by atoms with van der Waals surface area (Å²) in [6, 6.07) is 0.00405. The third-order valence-corrected chi connectivity index (χ3v) is 2.46. The van der Waals surface area contributed by atoms with Gasteiger partial charge in [-0.2, -0.15) is 0 Å². The van der Waals surface area contributed by atoms with Crippen LogP contribution in [0.25, 0.3) is 0 Å². The summed E-state index contributed by atoms with van der Waals surface area (Å²) in [5.74, 6) is 0.300. The van der Waals surface area contributed by atoms with Gasteiger partial charge in [0.2, 0.25) is 0 Å². The van der Waals surface area contributed by atoms with Gasteiger partial charge in [-0.15, -0.1) is 11.6 Å². The summed E-state index contributed by atoms with van der Waals surface area (Å²) in [5, 5.41) is 0. The summed E-state index contributed by atoms with van der Waals surface area (Å²) in [6.07, 6.45) is 4.38. The summed E-state index contributed by atoms with van der Waals surface area (Å²) in [5.41, 5.74) is 0.479. The molecule has 0 aliphatic carbocycles. The van der Waals surface area contributed by atoms with E-state index in [-0.39, 0.29) is 11.9 Å². The normalized spacial score (nSPS) is 12.2. The second kappa shape index (κ2) is 4.91. The highest BCUT2D eigenvalue weighted by molar-refractivity contribution is 6.18. The van der Waals surface area contributed by atoms with Crippen molar-refractivity contribution in [2.24, 2.45) is 0 Å². The molecule has 1 heterocycles. The number of amides is 1. The van der Waals surface area contributed by atoms with E-state index in [0.717, 1.165) is 0 Å². The highest BCUT2D eigenvalue weighted by Crippen LogP contribution is 2.04. The zero-order valence-electron chi connectivity index (χ0n) is 8.14. The lowest BCUT2D eigenvalue weighted by molar-refractivity contribution is 0.0756. The van der Waals surface area contributed by atoms with Crippen molar-refractivity contribution in [3.63, 3.8) is 0 Å². The molecule has 14 heavy (non-hydrogen) atoms. The Morgan fingerprint density at radius 2 is 2.14 bits per heavy atom. The van der Waals surface area contributed by atoms with Crippen LogP contribution in [0, 0.1) is 0 Å². The van der Waals surface area contributed by atoms with E-state index in [1.54, 1.807) is 11.9 Å². The van der Waals surface area contributed by atoms with Crippen molar-refractivity contribution in [3.05, 3.63) is 24.3 Å². The van der Waals surface area contributed by atoms with Gasteiger partial charge >= 0.3 is 0 Å². The molecule has 4 nitrogen and oxygen atoms in total. The van der Waals surface area contributed by atoms with Gasteiger partial charge in [-0.05, 0) is 6.92 Å². The Morgan fingerprint density at radius 1 is 1.57 bits per heavy atom. The molecule has 1 aromatic rings. The minimum Gasteiger partial charge on any atom is -0.338 e. The number of halogens is 1. The van der Waals surface area contributed by atoms with Crippen LogP contribution in [-0.2, 0) is 0 Å². The smallest absolute Gasteiger partial charge is 0.257 e. The highest BCUT2D eigenvalue weighted by Gasteiger charge is 2.16. The van der Waals surface area contributed by atoms with E-state index in [1.165, 1.54) is 18.7 Å². The van der Waals surface area contributed by atoms with Gasteiger partial charge in [0.1, 0.15) is 6.33 Å². The number of hydrogen-bond donors (Lipinski definition) is 0. The number of alkyl halides is 1. The Hall–Kier alpha value is -1.16. The topological polar surface area (TPSA) is 46.1 Å². The fourth-order valence-corrected chi connectivity index (χ4v) is 1.12. The minimum absolute atomic E-state index is 0.00405. The average Bonchev–Trinajstić information content (AvgIpc) is 2.27. The van der Waals surface area contributed by atoms with Crippen LogP contribution in [0.4, 0.5) is 0 Å². The first-order valence-electron chi connectivity index (χ1n) is 4.25. The van der Waals surface area contributed by atoms with Gasteiger partial charge in [0.15, 0.2) is 0 Å². The monoisotopic (exact) mass is 213 g/mol. The maximum atomic E-state index is 11.7. The average molecular weight is 214 g/mol. The molecule has 1 atom stereocenters. The molecule has 0 spiro atoms. The van der Waals surface area contributed by atoms with Gasteiger partial charge in [0.05, 0.1) is 5.56 Å².